The molecule has 3 aliphatic heterocycles. The number of carbonyl (C=O) groups excluding carboxylic acids is 2. The van der Waals surface area contributed by atoms with Crippen LogP contribution in [0.15, 0.2) is 24.3 Å². The van der Waals surface area contributed by atoms with E-state index in [1.165, 1.54) is 18.7 Å². The summed E-state index contributed by atoms with van der Waals surface area (Å²) in [4.78, 5) is 29.9. The van der Waals surface area contributed by atoms with Crippen molar-refractivity contribution in [2.45, 2.75) is 12.8 Å². The molecule has 2 N–H and O–H groups in total. The van der Waals surface area contributed by atoms with Crippen LogP contribution < -0.4 is 20.4 Å². The van der Waals surface area contributed by atoms with Gasteiger partial charge < -0.3 is 15.1 Å². The van der Waals surface area contributed by atoms with E-state index in [-0.39, 0.29) is 24.3 Å². The molecule has 0 unspecified atom stereocenters. The quantitative estimate of drug-likeness (QED) is 0.806. The average Bonchev–Trinajstić information content (AvgIpc) is 3.11. The topological polar surface area (TPSA) is 67.9 Å². The Kier molecular flexibility index (Phi) is 6.57. The van der Waals surface area contributed by atoms with E-state index in [2.05, 4.69) is 32.6 Å². The molecule has 148 valence electrons. The molecule has 0 saturated carbocycles. The minimum Gasteiger partial charge on any atom is -0.371 e. The first-order chi connectivity index (χ1) is 12.7. The summed E-state index contributed by atoms with van der Waals surface area (Å²) in [5, 5.41) is 5.78. The molecule has 1 aromatic rings. The molecule has 3 amide bonds. The Bertz CT molecular complexity index is 663. The van der Waals surface area contributed by atoms with Crippen molar-refractivity contribution in [1.82, 2.24) is 15.5 Å². The van der Waals surface area contributed by atoms with Gasteiger partial charge in [-0.25, -0.2) is 4.79 Å². The van der Waals surface area contributed by atoms with Crippen molar-refractivity contribution >= 4 is 35.7 Å². The van der Waals surface area contributed by atoms with Gasteiger partial charge in [-0.2, -0.15) is 0 Å². The third-order valence-corrected chi connectivity index (χ3v) is 5.59. The molecule has 1 aromatic carbocycles. The zero-order valence-corrected chi connectivity index (χ0v) is 16.3. The number of imide groups is 1. The van der Waals surface area contributed by atoms with E-state index in [0.717, 1.165) is 50.9 Å². The first-order valence-electron chi connectivity index (χ1n) is 9.58. The fourth-order valence-corrected chi connectivity index (χ4v) is 4.13. The number of carbonyl (C=O) groups is 2. The molecule has 4 rings (SSSR count). The maximum absolute atomic E-state index is 12.0. The molecule has 7 nitrogen and oxygen atoms in total. The molecule has 3 aliphatic rings. The van der Waals surface area contributed by atoms with E-state index >= 15 is 0 Å². The zero-order valence-electron chi connectivity index (χ0n) is 15.5. The number of hydrogen-bond acceptors (Lipinski definition) is 5. The second kappa shape index (κ2) is 8.91. The highest BCUT2D eigenvalue weighted by molar-refractivity contribution is 6.05. The van der Waals surface area contributed by atoms with Crippen molar-refractivity contribution in [3.05, 3.63) is 24.3 Å². The van der Waals surface area contributed by atoms with Crippen LogP contribution in [0.2, 0.25) is 0 Å². The first-order valence-corrected chi connectivity index (χ1v) is 9.58. The summed E-state index contributed by atoms with van der Waals surface area (Å²) in [5.41, 5.74) is 2.06. The van der Waals surface area contributed by atoms with E-state index < -0.39 is 0 Å². The number of nitrogens with one attached hydrogen (secondary N) is 2. The molecule has 0 radical (unpaired) electrons. The summed E-state index contributed by atoms with van der Waals surface area (Å²) in [5.74, 6) is 0.530. The molecule has 3 heterocycles. The number of nitrogens with zero attached hydrogens (tertiary/aromatic N) is 3. The predicted molar refractivity (Wildman–Crippen MR) is 109 cm³/mol. The van der Waals surface area contributed by atoms with Crippen molar-refractivity contribution in [3.8, 4) is 0 Å². The maximum atomic E-state index is 12.0. The maximum Gasteiger partial charge on any atom is 0.328 e. The number of anilines is 2. The van der Waals surface area contributed by atoms with Crippen LogP contribution in [0, 0.1) is 5.92 Å². The van der Waals surface area contributed by atoms with E-state index in [4.69, 9.17) is 0 Å². The Morgan fingerprint density at radius 2 is 1.67 bits per heavy atom. The highest BCUT2D eigenvalue weighted by Crippen LogP contribution is 2.27. The van der Waals surface area contributed by atoms with Gasteiger partial charge in [0.25, 0.3) is 0 Å². The fraction of sp³-hybridized carbons (Fsp3) is 0.579. The molecular formula is C19H28ClN5O2. The van der Waals surface area contributed by atoms with Crippen LogP contribution in [0.3, 0.4) is 0 Å². The Morgan fingerprint density at radius 3 is 2.37 bits per heavy atom. The number of rotatable bonds is 4. The van der Waals surface area contributed by atoms with Gasteiger partial charge in [0, 0.05) is 70.2 Å². The predicted octanol–water partition coefficient (Wildman–Crippen LogP) is 1.29. The van der Waals surface area contributed by atoms with Gasteiger partial charge in [-0.15, -0.1) is 12.4 Å². The SMILES string of the molecule is Cl.O=C1CCN(c2ccc(N3CC[C@H](CN4CCNCC4)C3)cc2)C(=O)N1. The number of hydrogen-bond donors (Lipinski definition) is 2. The van der Waals surface area contributed by atoms with Crippen molar-refractivity contribution in [2.75, 3.05) is 62.2 Å². The smallest absolute Gasteiger partial charge is 0.328 e. The summed E-state index contributed by atoms with van der Waals surface area (Å²) < 4.78 is 0. The average molecular weight is 394 g/mol. The van der Waals surface area contributed by atoms with Gasteiger partial charge in [-0.05, 0) is 36.6 Å². The largest absolute Gasteiger partial charge is 0.371 e. The van der Waals surface area contributed by atoms with Crippen LogP contribution in [-0.4, -0.2) is 69.2 Å². The normalized spacial score (nSPS) is 23.9. The lowest BCUT2D eigenvalue weighted by molar-refractivity contribution is -0.120. The number of piperazine rings is 1. The summed E-state index contributed by atoms with van der Waals surface area (Å²) >= 11 is 0. The van der Waals surface area contributed by atoms with Crippen LogP contribution in [0.1, 0.15) is 12.8 Å². The molecule has 3 saturated heterocycles. The molecule has 8 heteroatoms. The minimum absolute atomic E-state index is 0. The third kappa shape index (κ3) is 4.72. The van der Waals surface area contributed by atoms with Crippen LogP contribution in [0.4, 0.5) is 16.2 Å². The first kappa shape index (κ1) is 19.9. The van der Waals surface area contributed by atoms with Gasteiger partial charge in [0.15, 0.2) is 0 Å². The molecule has 0 aliphatic carbocycles. The second-order valence-electron chi connectivity index (χ2n) is 7.42. The molecule has 0 spiro atoms. The molecule has 27 heavy (non-hydrogen) atoms. The van der Waals surface area contributed by atoms with E-state index in [1.807, 2.05) is 12.1 Å². The van der Waals surface area contributed by atoms with Gasteiger partial charge in [-0.1, -0.05) is 0 Å². The van der Waals surface area contributed by atoms with Crippen LogP contribution in [0.5, 0.6) is 0 Å². The molecule has 0 aromatic heterocycles. The van der Waals surface area contributed by atoms with Gasteiger partial charge in [0.1, 0.15) is 0 Å². The fourth-order valence-electron chi connectivity index (χ4n) is 4.13. The van der Waals surface area contributed by atoms with Crippen molar-refractivity contribution < 1.29 is 9.59 Å². The summed E-state index contributed by atoms with van der Waals surface area (Å²) in [6.45, 7) is 8.36. The summed E-state index contributed by atoms with van der Waals surface area (Å²) in [6.07, 6.45) is 1.59. The number of halogens is 1. The van der Waals surface area contributed by atoms with Crippen molar-refractivity contribution in [3.63, 3.8) is 0 Å². The lowest BCUT2D eigenvalue weighted by atomic mass is 10.1. The highest BCUT2D eigenvalue weighted by atomic mass is 35.5. The van der Waals surface area contributed by atoms with Crippen molar-refractivity contribution in [2.24, 2.45) is 5.92 Å². The van der Waals surface area contributed by atoms with Crippen LogP contribution >= 0.6 is 12.4 Å². The Balaban J connectivity index is 0.00000210. The molecule has 0 bridgehead atoms. The Hall–Kier alpha value is -1.83. The van der Waals surface area contributed by atoms with E-state index in [0.29, 0.717) is 13.0 Å². The van der Waals surface area contributed by atoms with Crippen molar-refractivity contribution in [1.29, 1.82) is 0 Å². The highest BCUT2D eigenvalue weighted by Gasteiger charge is 2.26. The number of urea groups is 1. The molecular weight excluding hydrogens is 366 g/mol. The summed E-state index contributed by atoms with van der Waals surface area (Å²) in [7, 11) is 0. The van der Waals surface area contributed by atoms with Crippen LogP contribution in [0.25, 0.3) is 0 Å². The van der Waals surface area contributed by atoms with Gasteiger partial charge in [0.2, 0.25) is 5.91 Å². The lowest BCUT2D eigenvalue weighted by Gasteiger charge is -2.29. The third-order valence-electron chi connectivity index (χ3n) is 5.59. The standard InChI is InChI=1S/C19H27N5O2.ClH/c25-18-6-10-24(19(26)21-18)17-3-1-16(2-4-17)23-9-5-15(14-23)13-22-11-7-20-8-12-22;/h1-4,15,20H,5-14H2,(H,21,25,26);1H/t15-;/m1./s1. The second-order valence-corrected chi connectivity index (χ2v) is 7.42. The molecule has 3 fully saturated rings. The Labute approximate surface area is 166 Å². The zero-order chi connectivity index (χ0) is 17.9. The van der Waals surface area contributed by atoms with Gasteiger partial charge >= 0.3 is 6.03 Å². The Morgan fingerprint density at radius 1 is 0.963 bits per heavy atom. The number of benzene rings is 1. The van der Waals surface area contributed by atoms with Crippen LogP contribution in [-0.2, 0) is 4.79 Å². The van der Waals surface area contributed by atoms with Gasteiger partial charge in [-0.3, -0.25) is 15.0 Å². The number of amides is 3. The monoisotopic (exact) mass is 393 g/mol. The van der Waals surface area contributed by atoms with E-state index in [1.54, 1.807) is 4.90 Å². The van der Waals surface area contributed by atoms with E-state index in [9.17, 15) is 9.59 Å². The lowest BCUT2D eigenvalue weighted by Crippen LogP contribution is -2.49. The summed E-state index contributed by atoms with van der Waals surface area (Å²) in [6, 6.07) is 7.81. The van der Waals surface area contributed by atoms with Gasteiger partial charge in [0.05, 0.1) is 0 Å². The minimum atomic E-state index is -0.328. The molecule has 1 atom stereocenters.